The highest BCUT2D eigenvalue weighted by molar-refractivity contribution is 5.48. The molecule has 2 rings (SSSR count). The Labute approximate surface area is 157 Å². The van der Waals surface area contributed by atoms with E-state index in [4.69, 9.17) is 0 Å². The van der Waals surface area contributed by atoms with Crippen molar-refractivity contribution in [2.45, 2.75) is 39.8 Å². The molecule has 114 valence electrons. The standard InChI is InChI=1S/C16H24N2.2HI/c1-13(2)17-9-5-15(6-10-17)16-7-11-18(12-8-16)14(3)4;;/h5-9,11,13-14H,10,12H2,1-4H3;2*1H/p-2. The van der Waals surface area contributed by atoms with E-state index in [1.165, 1.54) is 11.1 Å². The molecule has 0 saturated heterocycles. The van der Waals surface area contributed by atoms with E-state index in [2.05, 4.69) is 74.2 Å². The Morgan fingerprint density at radius 1 is 0.750 bits per heavy atom. The Morgan fingerprint density at radius 2 is 1.10 bits per heavy atom. The summed E-state index contributed by atoms with van der Waals surface area (Å²) < 4.78 is 0. The van der Waals surface area contributed by atoms with Crippen LogP contribution in [0.2, 0.25) is 0 Å². The van der Waals surface area contributed by atoms with Gasteiger partial charge in [0.1, 0.15) is 0 Å². The minimum atomic E-state index is 0. The second-order valence-electron chi connectivity index (χ2n) is 5.53. The van der Waals surface area contributed by atoms with Crippen LogP contribution in [0.4, 0.5) is 0 Å². The van der Waals surface area contributed by atoms with Gasteiger partial charge in [-0.25, -0.2) is 0 Å². The number of nitrogens with zero attached hydrogens (tertiary/aromatic N) is 2. The highest BCUT2D eigenvalue weighted by atomic mass is 127. The van der Waals surface area contributed by atoms with Gasteiger partial charge in [-0.05, 0) is 51.0 Å². The van der Waals surface area contributed by atoms with Crippen molar-refractivity contribution in [2.24, 2.45) is 0 Å². The molecule has 0 amide bonds. The predicted molar refractivity (Wildman–Crippen MR) is 78.1 cm³/mol. The monoisotopic (exact) mass is 498 g/mol. The lowest BCUT2D eigenvalue weighted by Gasteiger charge is -2.29. The van der Waals surface area contributed by atoms with E-state index in [-0.39, 0.29) is 48.0 Å². The lowest BCUT2D eigenvalue weighted by molar-refractivity contribution is -0.00100. The van der Waals surface area contributed by atoms with Gasteiger partial charge < -0.3 is 57.8 Å². The molecule has 0 N–H and O–H groups in total. The van der Waals surface area contributed by atoms with Crippen LogP contribution in [0.1, 0.15) is 27.7 Å². The minimum Gasteiger partial charge on any atom is -1.00 e. The molecular weight excluding hydrogens is 474 g/mol. The summed E-state index contributed by atoms with van der Waals surface area (Å²) in [5.41, 5.74) is 2.71. The lowest BCUT2D eigenvalue weighted by Crippen LogP contribution is -3.00. The molecule has 0 aromatic heterocycles. The van der Waals surface area contributed by atoms with Gasteiger partial charge in [-0.15, -0.1) is 0 Å². The molecule has 0 saturated carbocycles. The summed E-state index contributed by atoms with van der Waals surface area (Å²) in [7, 11) is 0. The zero-order valence-corrected chi connectivity index (χ0v) is 17.0. The van der Waals surface area contributed by atoms with Gasteiger partial charge >= 0.3 is 0 Å². The van der Waals surface area contributed by atoms with E-state index in [1.54, 1.807) is 0 Å². The van der Waals surface area contributed by atoms with E-state index in [0.29, 0.717) is 12.1 Å². The number of allylic oxidation sites excluding steroid dienone is 4. The first-order chi connectivity index (χ1) is 8.58. The first-order valence-corrected chi connectivity index (χ1v) is 6.86. The fourth-order valence-electron chi connectivity index (χ4n) is 2.21. The van der Waals surface area contributed by atoms with Crippen LogP contribution >= 0.6 is 0 Å². The Kier molecular flexibility index (Phi) is 9.13. The maximum Gasteiger partial charge on any atom is 0.0365 e. The zero-order valence-electron chi connectivity index (χ0n) is 12.7. The van der Waals surface area contributed by atoms with Gasteiger partial charge in [0.15, 0.2) is 0 Å². The van der Waals surface area contributed by atoms with Gasteiger partial charge in [-0.1, -0.05) is 12.2 Å². The van der Waals surface area contributed by atoms with Crippen LogP contribution in [0.5, 0.6) is 0 Å². The average Bonchev–Trinajstić information content (AvgIpc) is 2.39. The van der Waals surface area contributed by atoms with Crippen molar-refractivity contribution in [1.29, 1.82) is 0 Å². The van der Waals surface area contributed by atoms with E-state index in [1.807, 2.05) is 0 Å². The molecule has 0 spiro atoms. The summed E-state index contributed by atoms with van der Waals surface area (Å²) in [6.45, 7) is 10.9. The van der Waals surface area contributed by atoms with Crippen molar-refractivity contribution >= 4 is 0 Å². The molecule has 0 aromatic carbocycles. The normalized spacial score (nSPS) is 17.7. The third kappa shape index (κ3) is 5.09. The van der Waals surface area contributed by atoms with Crippen LogP contribution in [0.15, 0.2) is 47.9 Å². The summed E-state index contributed by atoms with van der Waals surface area (Å²) >= 11 is 0. The molecule has 2 heterocycles. The van der Waals surface area contributed by atoms with E-state index < -0.39 is 0 Å². The summed E-state index contributed by atoms with van der Waals surface area (Å²) in [4.78, 5) is 4.69. The van der Waals surface area contributed by atoms with Crippen LogP contribution in [-0.4, -0.2) is 35.0 Å². The van der Waals surface area contributed by atoms with Gasteiger partial charge in [0.2, 0.25) is 0 Å². The molecule has 2 nitrogen and oxygen atoms in total. The van der Waals surface area contributed by atoms with E-state index in [9.17, 15) is 0 Å². The smallest absolute Gasteiger partial charge is 0.0365 e. The average molecular weight is 498 g/mol. The van der Waals surface area contributed by atoms with Gasteiger partial charge in [0, 0.05) is 37.6 Å². The maximum absolute atomic E-state index is 2.34. The number of rotatable bonds is 3. The Morgan fingerprint density at radius 3 is 1.30 bits per heavy atom. The highest BCUT2D eigenvalue weighted by Crippen LogP contribution is 2.21. The maximum atomic E-state index is 2.34. The SMILES string of the molecule is CC(C)N1C=CC(C2=CCN(C(C)C)C=C2)=CC1.[I-].[I-]. The summed E-state index contributed by atoms with van der Waals surface area (Å²) in [5.74, 6) is 0. The van der Waals surface area contributed by atoms with Crippen molar-refractivity contribution < 1.29 is 48.0 Å². The van der Waals surface area contributed by atoms with E-state index in [0.717, 1.165) is 13.1 Å². The van der Waals surface area contributed by atoms with Crippen LogP contribution in [0, 0.1) is 0 Å². The fourth-order valence-corrected chi connectivity index (χ4v) is 2.21. The van der Waals surface area contributed by atoms with Gasteiger partial charge in [-0.2, -0.15) is 0 Å². The molecule has 0 bridgehead atoms. The highest BCUT2D eigenvalue weighted by Gasteiger charge is 2.12. The summed E-state index contributed by atoms with van der Waals surface area (Å²) in [6.07, 6.45) is 13.5. The number of hydrogen-bond acceptors (Lipinski definition) is 2. The summed E-state index contributed by atoms with van der Waals surface area (Å²) in [6, 6.07) is 1.15. The molecule has 0 aromatic rings. The first kappa shape index (κ1) is 20.0. The third-order valence-electron chi connectivity index (χ3n) is 3.60. The zero-order chi connectivity index (χ0) is 13.1. The van der Waals surface area contributed by atoms with Crippen molar-refractivity contribution in [3.8, 4) is 0 Å². The molecule has 2 aliphatic rings. The predicted octanol–water partition coefficient (Wildman–Crippen LogP) is -2.68. The molecular formula is C16H24I2N2-2. The molecule has 0 aliphatic carbocycles. The second kappa shape index (κ2) is 9.12. The van der Waals surface area contributed by atoms with Gasteiger partial charge in [0.25, 0.3) is 0 Å². The molecule has 0 atom stereocenters. The van der Waals surface area contributed by atoms with Crippen molar-refractivity contribution in [1.82, 2.24) is 9.80 Å². The molecule has 0 radical (unpaired) electrons. The summed E-state index contributed by atoms with van der Waals surface area (Å²) in [5, 5.41) is 0. The Balaban J connectivity index is 0.00000180. The second-order valence-corrected chi connectivity index (χ2v) is 5.53. The van der Waals surface area contributed by atoms with Crippen LogP contribution in [0.3, 0.4) is 0 Å². The quantitative estimate of drug-likeness (QED) is 0.392. The topological polar surface area (TPSA) is 6.48 Å². The molecule has 0 unspecified atom stereocenters. The Hall–Kier alpha value is 0.0200. The lowest BCUT2D eigenvalue weighted by atomic mass is 10.0. The number of halogens is 2. The van der Waals surface area contributed by atoms with Crippen LogP contribution < -0.4 is 48.0 Å². The van der Waals surface area contributed by atoms with Crippen molar-refractivity contribution in [3.05, 3.63) is 47.9 Å². The van der Waals surface area contributed by atoms with E-state index >= 15 is 0 Å². The largest absolute Gasteiger partial charge is 1.00 e. The van der Waals surface area contributed by atoms with Crippen molar-refractivity contribution in [3.63, 3.8) is 0 Å². The number of hydrogen-bond donors (Lipinski definition) is 0. The molecule has 4 heteroatoms. The molecule has 20 heavy (non-hydrogen) atoms. The van der Waals surface area contributed by atoms with Crippen LogP contribution in [0.25, 0.3) is 0 Å². The third-order valence-corrected chi connectivity index (χ3v) is 3.60. The van der Waals surface area contributed by atoms with Gasteiger partial charge in [-0.3, -0.25) is 0 Å². The van der Waals surface area contributed by atoms with Crippen LogP contribution in [-0.2, 0) is 0 Å². The fraction of sp³-hybridized carbons (Fsp3) is 0.500. The molecule has 0 fully saturated rings. The van der Waals surface area contributed by atoms with Crippen molar-refractivity contribution in [2.75, 3.05) is 13.1 Å². The minimum absolute atomic E-state index is 0. The Bertz CT molecular complexity index is 380. The molecule has 2 aliphatic heterocycles. The van der Waals surface area contributed by atoms with Gasteiger partial charge in [0.05, 0.1) is 0 Å². The first-order valence-electron chi connectivity index (χ1n) is 6.86.